The monoisotopic (exact) mass is 340 g/mol. The molecule has 98 valence electrons. The molecule has 1 N–H and O–H groups in total. The molecule has 0 bridgehead atoms. The van der Waals surface area contributed by atoms with Crippen LogP contribution in [-0.4, -0.2) is 16.6 Å². The van der Waals surface area contributed by atoms with Crippen molar-refractivity contribution >= 4 is 39.3 Å². The Kier molecular flexibility index (Phi) is 4.93. The number of amides is 1. The molecule has 0 aliphatic carbocycles. The van der Waals surface area contributed by atoms with Gasteiger partial charge in [-0.05, 0) is 30.3 Å². The number of rotatable bonds is 4. The van der Waals surface area contributed by atoms with Crippen molar-refractivity contribution in [2.24, 2.45) is 0 Å². The van der Waals surface area contributed by atoms with Crippen molar-refractivity contribution in [2.75, 3.05) is 11.1 Å². The summed E-state index contributed by atoms with van der Waals surface area (Å²) >= 11 is 4.46. The first-order valence-electron chi connectivity index (χ1n) is 5.44. The molecular weight excluding hydrogens is 331 g/mol. The highest BCUT2D eigenvalue weighted by molar-refractivity contribution is 9.10. The molecule has 19 heavy (non-hydrogen) atoms. The van der Waals surface area contributed by atoms with Crippen LogP contribution in [0.15, 0.2) is 52.1 Å². The smallest absolute Gasteiger partial charge is 0.234 e. The lowest BCUT2D eigenvalue weighted by molar-refractivity contribution is -0.113. The van der Waals surface area contributed by atoms with Crippen LogP contribution in [0.25, 0.3) is 0 Å². The number of pyridine rings is 1. The molecule has 0 aliphatic heterocycles. The summed E-state index contributed by atoms with van der Waals surface area (Å²) in [5.41, 5.74) is 0.176. The number of carbonyl (C=O) groups excluding carboxylic acids is 1. The fourth-order valence-corrected chi connectivity index (χ4v) is 2.34. The second-order valence-corrected chi connectivity index (χ2v) is 5.54. The molecule has 0 radical (unpaired) electrons. The van der Waals surface area contributed by atoms with Crippen molar-refractivity contribution in [2.45, 2.75) is 5.03 Å². The van der Waals surface area contributed by atoms with E-state index >= 15 is 0 Å². The minimum absolute atomic E-state index is 0.176. The normalized spacial score (nSPS) is 10.2. The molecule has 3 nitrogen and oxygen atoms in total. The van der Waals surface area contributed by atoms with Crippen LogP contribution < -0.4 is 5.32 Å². The molecule has 0 spiro atoms. The Balaban J connectivity index is 1.91. The molecule has 0 saturated heterocycles. The summed E-state index contributed by atoms with van der Waals surface area (Å²) in [7, 11) is 0. The van der Waals surface area contributed by atoms with Crippen LogP contribution >= 0.6 is 27.7 Å². The van der Waals surface area contributed by atoms with Gasteiger partial charge in [0.25, 0.3) is 0 Å². The fourth-order valence-electron chi connectivity index (χ4n) is 1.35. The summed E-state index contributed by atoms with van der Waals surface area (Å²) in [5, 5.41) is 3.28. The van der Waals surface area contributed by atoms with E-state index in [2.05, 4.69) is 26.2 Å². The van der Waals surface area contributed by atoms with E-state index in [1.165, 1.54) is 23.9 Å². The van der Waals surface area contributed by atoms with Gasteiger partial charge >= 0.3 is 0 Å². The average Bonchev–Trinajstić information content (AvgIpc) is 2.41. The van der Waals surface area contributed by atoms with Gasteiger partial charge in [0.2, 0.25) is 5.91 Å². The second kappa shape index (κ2) is 6.68. The maximum atomic E-state index is 13.5. The Labute approximate surface area is 122 Å². The number of benzene rings is 1. The number of halogens is 2. The summed E-state index contributed by atoms with van der Waals surface area (Å²) in [6.45, 7) is 0. The van der Waals surface area contributed by atoms with E-state index < -0.39 is 5.82 Å². The van der Waals surface area contributed by atoms with Crippen molar-refractivity contribution in [1.82, 2.24) is 4.98 Å². The lowest BCUT2D eigenvalue weighted by Crippen LogP contribution is -2.15. The van der Waals surface area contributed by atoms with E-state index in [9.17, 15) is 9.18 Å². The molecule has 0 fully saturated rings. The van der Waals surface area contributed by atoms with Gasteiger partial charge in [0.15, 0.2) is 0 Å². The van der Waals surface area contributed by atoms with Crippen LogP contribution in [0.5, 0.6) is 0 Å². The lowest BCUT2D eigenvalue weighted by atomic mass is 10.3. The first-order valence-corrected chi connectivity index (χ1v) is 7.22. The maximum absolute atomic E-state index is 13.5. The molecule has 1 aromatic heterocycles. The molecule has 2 aromatic rings. The van der Waals surface area contributed by atoms with Crippen LogP contribution in [0.3, 0.4) is 0 Å². The highest BCUT2D eigenvalue weighted by atomic mass is 79.9. The summed E-state index contributed by atoms with van der Waals surface area (Å²) in [6, 6.07) is 9.97. The zero-order chi connectivity index (χ0) is 13.7. The lowest BCUT2D eigenvalue weighted by Gasteiger charge is -2.06. The highest BCUT2D eigenvalue weighted by Crippen LogP contribution is 2.20. The fraction of sp³-hybridized carbons (Fsp3) is 0.0769. The predicted molar refractivity (Wildman–Crippen MR) is 77.7 cm³/mol. The van der Waals surface area contributed by atoms with E-state index in [0.29, 0.717) is 4.47 Å². The molecule has 1 amide bonds. The van der Waals surface area contributed by atoms with E-state index in [-0.39, 0.29) is 17.3 Å². The highest BCUT2D eigenvalue weighted by Gasteiger charge is 2.08. The van der Waals surface area contributed by atoms with Gasteiger partial charge in [-0.3, -0.25) is 4.79 Å². The standard InChI is InChI=1S/C13H10BrFN2OS/c14-9-4-5-11(10(15)7-9)17-12(18)8-19-13-3-1-2-6-16-13/h1-7H,8H2,(H,17,18). The molecule has 6 heteroatoms. The third-order valence-corrected chi connectivity index (χ3v) is 3.63. The van der Waals surface area contributed by atoms with Gasteiger partial charge in [-0.15, -0.1) is 0 Å². The molecule has 0 aliphatic rings. The SMILES string of the molecule is O=C(CSc1ccccn1)Nc1ccc(Br)cc1F. The van der Waals surface area contributed by atoms with Gasteiger partial charge < -0.3 is 5.32 Å². The van der Waals surface area contributed by atoms with Gasteiger partial charge in [0, 0.05) is 10.7 Å². The van der Waals surface area contributed by atoms with E-state index in [1.807, 2.05) is 12.1 Å². The molecule has 2 rings (SSSR count). The van der Waals surface area contributed by atoms with Crippen molar-refractivity contribution < 1.29 is 9.18 Å². The Morgan fingerprint density at radius 2 is 2.21 bits per heavy atom. The Hall–Kier alpha value is -1.40. The number of thioether (sulfide) groups is 1. The van der Waals surface area contributed by atoms with E-state index in [4.69, 9.17) is 0 Å². The molecule has 1 aromatic carbocycles. The topological polar surface area (TPSA) is 42.0 Å². The van der Waals surface area contributed by atoms with Crippen LogP contribution in [0, 0.1) is 5.82 Å². The van der Waals surface area contributed by atoms with Gasteiger partial charge in [-0.25, -0.2) is 9.37 Å². The third kappa shape index (κ3) is 4.33. The summed E-state index contributed by atoms with van der Waals surface area (Å²) in [5.74, 6) is -0.547. The number of anilines is 1. The Bertz CT molecular complexity index is 580. The van der Waals surface area contributed by atoms with Crippen molar-refractivity contribution in [3.63, 3.8) is 0 Å². The third-order valence-electron chi connectivity index (χ3n) is 2.19. The van der Waals surface area contributed by atoms with E-state index in [0.717, 1.165) is 5.03 Å². The predicted octanol–water partition coefficient (Wildman–Crippen LogP) is 3.71. The number of hydrogen-bond acceptors (Lipinski definition) is 3. The quantitative estimate of drug-likeness (QED) is 0.862. The van der Waals surface area contributed by atoms with Gasteiger partial charge in [-0.1, -0.05) is 33.8 Å². The second-order valence-electron chi connectivity index (χ2n) is 3.63. The molecule has 0 saturated carbocycles. The summed E-state index contributed by atoms with van der Waals surface area (Å²) < 4.78 is 14.1. The van der Waals surface area contributed by atoms with Crippen molar-refractivity contribution in [1.29, 1.82) is 0 Å². The molecule has 0 unspecified atom stereocenters. The average molecular weight is 341 g/mol. The van der Waals surface area contributed by atoms with Gasteiger partial charge in [0.1, 0.15) is 5.82 Å². The molecular formula is C13H10BrFN2OS. The first-order chi connectivity index (χ1) is 9.15. The number of aromatic nitrogens is 1. The number of nitrogens with zero attached hydrogens (tertiary/aromatic N) is 1. The van der Waals surface area contributed by atoms with Gasteiger partial charge in [-0.2, -0.15) is 0 Å². The zero-order valence-electron chi connectivity index (χ0n) is 9.77. The first kappa shape index (κ1) is 14.0. The molecule has 1 heterocycles. The number of hydrogen-bond donors (Lipinski definition) is 1. The van der Waals surface area contributed by atoms with Crippen LogP contribution in [0.4, 0.5) is 10.1 Å². The molecule has 0 atom stereocenters. The Morgan fingerprint density at radius 3 is 2.89 bits per heavy atom. The van der Waals surface area contributed by atoms with Crippen molar-refractivity contribution in [3.05, 3.63) is 52.9 Å². The largest absolute Gasteiger partial charge is 0.323 e. The number of carbonyl (C=O) groups is 1. The summed E-state index contributed by atoms with van der Waals surface area (Å²) in [6.07, 6.45) is 1.66. The van der Waals surface area contributed by atoms with Crippen molar-refractivity contribution in [3.8, 4) is 0 Å². The Morgan fingerprint density at radius 1 is 1.37 bits per heavy atom. The maximum Gasteiger partial charge on any atom is 0.234 e. The van der Waals surface area contributed by atoms with Crippen LogP contribution in [0.1, 0.15) is 0 Å². The van der Waals surface area contributed by atoms with Crippen LogP contribution in [0.2, 0.25) is 0 Å². The minimum atomic E-state index is -0.467. The van der Waals surface area contributed by atoms with Crippen LogP contribution in [-0.2, 0) is 4.79 Å². The van der Waals surface area contributed by atoms with Gasteiger partial charge in [0.05, 0.1) is 16.5 Å². The van der Waals surface area contributed by atoms with E-state index in [1.54, 1.807) is 18.3 Å². The summed E-state index contributed by atoms with van der Waals surface area (Å²) in [4.78, 5) is 15.8. The zero-order valence-corrected chi connectivity index (χ0v) is 12.2. The minimum Gasteiger partial charge on any atom is -0.323 e. The number of nitrogens with one attached hydrogen (secondary N) is 1.